The minimum absolute atomic E-state index is 0.283. The fourth-order valence-electron chi connectivity index (χ4n) is 1.97. The number of hydrogen-bond donors (Lipinski definition) is 2. The SMILES string of the molecule is Cc1c(C(=O)NN)sc2nc(-c3ccccc3)cn12. The van der Waals surface area contributed by atoms with Crippen LogP contribution in [-0.2, 0) is 0 Å². The van der Waals surface area contributed by atoms with E-state index in [9.17, 15) is 4.79 Å². The summed E-state index contributed by atoms with van der Waals surface area (Å²) in [6.45, 7) is 1.88. The van der Waals surface area contributed by atoms with Gasteiger partial charge in [-0.3, -0.25) is 14.6 Å². The van der Waals surface area contributed by atoms with Crippen molar-refractivity contribution >= 4 is 22.2 Å². The number of hydrogen-bond acceptors (Lipinski definition) is 4. The summed E-state index contributed by atoms with van der Waals surface area (Å²) in [5.74, 6) is 4.88. The van der Waals surface area contributed by atoms with E-state index in [4.69, 9.17) is 5.84 Å². The van der Waals surface area contributed by atoms with Crippen LogP contribution in [0.15, 0.2) is 36.5 Å². The molecule has 3 rings (SSSR count). The largest absolute Gasteiger partial charge is 0.293 e. The number of hydrazine groups is 1. The van der Waals surface area contributed by atoms with Crippen LogP contribution in [0.2, 0.25) is 0 Å². The Morgan fingerprint density at radius 1 is 1.37 bits per heavy atom. The smallest absolute Gasteiger partial charge is 0.277 e. The normalized spacial score (nSPS) is 10.8. The summed E-state index contributed by atoms with van der Waals surface area (Å²) in [7, 11) is 0. The highest BCUT2D eigenvalue weighted by Crippen LogP contribution is 2.26. The molecule has 0 saturated heterocycles. The van der Waals surface area contributed by atoms with Gasteiger partial charge in [-0.2, -0.15) is 0 Å². The molecule has 0 aliphatic carbocycles. The third-order valence-electron chi connectivity index (χ3n) is 2.96. The van der Waals surface area contributed by atoms with E-state index in [0.717, 1.165) is 21.9 Å². The third kappa shape index (κ3) is 1.91. The number of rotatable bonds is 2. The van der Waals surface area contributed by atoms with Crippen LogP contribution in [0.3, 0.4) is 0 Å². The summed E-state index contributed by atoms with van der Waals surface area (Å²) in [6.07, 6.45) is 1.93. The molecule has 2 heterocycles. The number of nitrogens with two attached hydrogens (primary N) is 1. The van der Waals surface area contributed by atoms with Gasteiger partial charge in [-0.1, -0.05) is 41.7 Å². The first-order chi connectivity index (χ1) is 9.20. The Morgan fingerprint density at radius 3 is 2.74 bits per heavy atom. The van der Waals surface area contributed by atoms with Crippen LogP contribution in [0, 0.1) is 6.92 Å². The number of carbonyl (C=O) groups excluding carboxylic acids is 1. The van der Waals surface area contributed by atoms with Crippen LogP contribution >= 0.6 is 11.3 Å². The van der Waals surface area contributed by atoms with Gasteiger partial charge in [0.25, 0.3) is 5.91 Å². The van der Waals surface area contributed by atoms with Gasteiger partial charge in [-0.15, -0.1) is 0 Å². The molecule has 19 heavy (non-hydrogen) atoms. The fraction of sp³-hybridized carbons (Fsp3) is 0.0769. The van der Waals surface area contributed by atoms with E-state index in [1.807, 2.05) is 47.9 Å². The van der Waals surface area contributed by atoms with Crippen molar-refractivity contribution < 1.29 is 4.79 Å². The average Bonchev–Trinajstić information content (AvgIpc) is 2.99. The number of carbonyl (C=O) groups is 1. The minimum Gasteiger partial charge on any atom is -0.293 e. The maximum Gasteiger partial charge on any atom is 0.277 e. The molecule has 1 aromatic carbocycles. The molecule has 0 aliphatic heterocycles. The summed E-state index contributed by atoms with van der Waals surface area (Å²) >= 11 is 1.33. The van der Waals surface area contributed by atoms with E-state index in [1.54, 1.807) is 0 Å². The van der Waals surface area contributed by atoms with Crippen molar-refractivity contribution in [3.8, 4) is 11.3 Å². The van der Waals surface area contributed by atoms with Crippen molar-refractivity contribution in [2.45, 2.75) is 6.92 Å². The summed E-state index contributed by atoms with van der Waals surface area (Å²) < 4.78 is 1.91. The van der Waals surface area contributed by atoms with Crippen molar-refractivity contribution in [1.29, 1.82) is 0 Å². The highest BCUT2D eigenvalue weighted by molar-refractivity contribution is 7.19. The monoisotopic (exact) mass is 272 g/mol. The molecule has 0 atom stereocenters. The Morgan fingerprint density at radius 2 is 2.11 bits per heavy atom. The quantitative estimate of drug-likeness (QED) is 0.425. The average molecular weight is 272 g/mol. The lowest BCUT2D eigenvalue weighted by atomic mass is 10.2. The van der Waals surface area contributed by atoms with E-state index >= 15 is 0 Å². The lowest BCUT2D eigenvalue weighted by Crippen LogP contribution is -2.29. The van der Waals surface area contributed by atoms with Crippen molar-refractivity contribution in [3.05, 3.63) is 47.1 Å². The Bertz CT molecular complexity index is 745. The molecule has 0 spiro atoms. The van der Waals surface area contributed by atoms with Crippen LogP contribution in [0.1, 0.15) is 15.4 Å². The second-order valence-electron chi connectivity index (χ2n) is 4.13. The van der Waals surface area contributed by atoms with Crippen molar-refractivity contribution in [3.63, 3.8) is 0 Å². The molecule has 5 nitrogen and oxygen atoms in total. The van der Waals surface area contributed by atoms with E-state index in [-0.39, 0.29) is 5.91 Å². The number of nitrogens with zero attached hydrogens (tertiary/aromatic N) is 2. The second-order valence-corrected chi connectivity index (χ2v) is 5.11. The lowest BCUT2D eigenvalue weighted by molar-refractivity contribution is 0.0957. The molecule has 0 bridgehead atoms. The van der Waals surface area contributed by atoms with Crippen LogP contribution in [-0.4, -0.2) is 15.3 Å². The maximum atomic E-state index is 11.6. The fourth-order valence-corrected chi connectivity index (χ4v) is 2.99. The van der Waals surface area contributed by atoms with Gasteiger partial charge < -0.3 is 0 Å². The molecule has 1 amide bonds. The first kappa shape index (κ1) is 11.9. The highest BCUT2D eigenvalue weighted by Gasteiger charge is 2.16. The molecule has 2 aromatic heterocycles. The van der Waals surface area contributed by atoms with Crippen LogP contribution in [0.4, 0.5) is 0 Å². The molecule has 0 saturated carbocycles. The topological polar surface area (TPSA) is 72.4 Å². The Balaban J connectivity index is 2.12. The minimum atomic E-state index is -0.283. The first-order valence-electron chi connectivity index (χ1n) is 5.75. The van der Waals surface area contributed by atoms with Gasteiger partial charge in [0.2, 0.25) is 0 Å². The molecular weight excluding hydrogens is 260 g/mol. The van der Waals surface area contributed by atoms with E-state index in [0.29, 0.717) is 4.88 Å². The van der Waals surface area contributed by atoms with Crippen LogP contribution in [0.25, 0.3) is 16.2 Å². The zero-order valence-electron chi connectivity index (χ0n) is 10.3. The number of amides is 1. The van der Waals surface area contributed by atoms with Gasteiger partial charge in [0.1, 0.15) is 4.88 Å². The first-order valence-corrected chi connectivity index (χ1v) is 6.57. The van der Waals surface area contributed by atoms with Gasteiger partial charge >= 0.3 is 0 Å². The molecule has 0 fully saturated rings. The lowest BCUT2D eigenvalue weighted by Gasteiger charge is -1.97. The van der Waals surface area contributed by atoms with E-state index < -0.39 is 0 Å². The number of fused-ring (bicyclic) bond motifs is 1. The van der Waals surface area contributed by atoms with Gasteiger partial charge in [0, 0.05) is 17.5 Å². The summed E-state index contributed by atoms with van der Waals surface area (Å²) in [4.78, 5) is 17.5. The van der Waals surface area contributed by atoms with Gasteiger partial charge in [0.05, 0.1) is 5.69 Å². The van der Waals surface area contributed by atoms with Crippen molar-refractivity contribution in [2.75, 3.05) is 0 Å². The molecule has 0 radical (unpaired) electrons. The predicted octanol–water partition coefficient (Wildman–Crippen LogP) is 1.97. The van der Waals surface area contributed by atoms with Crippen molar-refractivity contribution in [2.24, 2.45) is 5.84 Å². The number of aryl methyl sites for hydroxylation is 1. The summed E-state index contributed by atoms with van der Waals surface area (Å²) in [6, 6.07) is 9.94. The summed E-state index contributed by atoms with van der Waals surface area (Å²) in [5, 5.41) is 0. The van der Waals surface area contributed by atoms with Gasteiger partial charge in [0.15, 0.2) is 4.96 Å². The van der Waals surface area contributed by atoms with E-state index in [1.165, 1.54) is 11.3 Å². The maximum absolute atomic E-state index is 11.6. The zero-order valence-corrected chi connectivity index (χ0v) is 11.1. The zero-order chi connectivity index (χ0) is 13.4. The molecule has 3 aromatic rings. The number of nitrogen functional groups attached to an aromatic ring is 1. The predicted molar refractivity (Wildman–Crippen MR) is 74.9 cm³/mol. The molecule has 3 N–H and O–H groups in total. The second kappa shape index (κ2) is 4.49. The van der Waals surface area contributed by atoms with Crippen molar-refractivity contribution in [1.82, 2.24) is 14.8 Å². The Hall–Kier alpha value is -2.18. The molecule has 96 valence electrons. The number of benzene rings is 1. The molecule has 0 unspecified atom stereocenters. The third-order valence-corrected chi connectivity index (χ3v) is 4.12. The van der Waals surface area contributed by atoms with Gasteiger partial charge in [-0.25, -0.2) is 10.8 Å². The van der Waals surface area contributed by atoms with Crippen LogP contribution < -0.4 is 11.3 Å². The van der Waals surface area contributed by atoms with E-state index in [2.05, 4.69) is 10.4 Å². The molecular formula is C13H12N4OS. The molecule has 6 heteroatoms. The number of nitrogens with one attached hydrogen (secondary N) is 1. The van der Waals surface area contributed by atoms with Crippen LogP contribution in [0.5, 0.6) is 0 Å². The number of thiazole rings is 1. The Labute approximate surface area is 113 Å². The number of imidazole rings is 1. The standard InChI is InChI=1S/C13H12N4OS/c1-8-11(12(18)16-14)19-13-15-10(7-17(8)13)9-5-3-2-4-6-9/h2-7H,14H2,1H3,(H,16,18). The Kier molecular flexibility index (Phi) is 2.81. The van der Waals surface area contributed by atoms with Gasteiger partial charge in [-0.05, 0) is 6.92 Å². The highest BCUT2D eigenvalue weighted by atomic mass is 32.1. The number of aromatic nitrogens is 2. The summed E-state index contributed by atoms with van der Waals surface area (Å²) in [5.41, 5.74) is 4.95. The molecule has 0 aliphatic rings.